The van der Waals surface area contributed by atoms with Crippen molar-refractivity contribution in [1.82, 2.24) is 0 Å². The van der Waals surface area contributed by atoms with E-state index in [0.29, 0.717) is 13.2 Å². The van der Waals surface area contributed by atoms with Crippen LogP contribution >= 0.6 is 0 Å². The molecule has 3 nitrogen and oxygen atoms in total. The highest BCUT2D eigenvalue weighted by Gasteiger charge is 2.00. The zero-order chi connectivity index (χ0) is 13.5. The number of rotatable bonds is 6. The van der Waals surface area contributed by atoms with Gasteiger partial charge in [-0.1, -0.05) is 6.07 Å². The van der Waals surface area contributed by atoms with E-state index < -0.39 is 0 Å². The highest BCUT2D eigenvalue weighted by atomic mass is 16.5. The maximum absolute atomic E-state index is 5.76. The fraction of sp³-hybridized carbons (Fsp3) is 0.250. The monoisotopic (exact) mass is 258 g/mol. The molecule has 0 aliphatic rings. The van der Waals surface area contributed by atoms with Gasteiger partial charge in [-0.05, 0) is 50.2 Å². The molecule has 0 aliphatic heterocycles. The number of benzene rings is 2. The molecule has 0 heterocycles. The Labute approximate surface area is 113 Å². The third kappa shape index (κ3) is 3.91. The first-order valence-electron chi connectivity index (χ1n) is 6.45. The maximum atomic E-state index is 5.76. The maximum Gasteiger partial charge on any atom is 0.131 e. The van der Waals surface area contributed by atoms with Gasteiger partial charge in [-0.25, -0.2) is 0 Å². The van der Waals surface area contributed by atoms with E-state index in [2.05, 4.69) is 0 Å². The molecule has 2 aromatic rings. The van der Waals surface area contributed by atoms with Crippen molar-refractivity contribution >= 4 is 0 Å². The van der Waals surface area contributed by atoms with Crippen molar-refractivity contribution in [3.63, 3.8) is 0 Å². The fourth-order valence-electron chi connectivity index (χ4n) is 1.70. The SMILES string of the molecule is CCOc1ccc(Oc2cccc(OCC)c2)cc1. The summed E-state index contributed by atoms with van der Waals surface area (Å²) in [4.78, 5) is 0. The van der Waals surface area contributed by atoms with Gasteiger partial charge in [-0.15, -0.1) is 0 Å². The van der Waals surface area contributed by atoms with Crippen LogP contribution in [-0.2, 0) is 0 Å². The third-order valence-electron chi connectivity index (χ3n) is 2.49. The van der Waals surface area contributed by atoms with Gasteiger partial charge in [0, 0.05) is 6.07 Å². The second-order valence-electron chi connectivity index (χ2n) is 3.91. The van der Waals surface area contributed by atoms with Crippen LogP contribution in [0.15, 0.2) is 48.5 Å². The van der Waals surface area contributed by atoms with Crippen LogP contribution in [-0.4, -0.2) is 13.2 Å². The zero-order valence-electron chi connectivity index (χ0n) is 11.3. The van der Waals surface area contributed by atoms with Crippen LogP contribution in [0.2, 0.25) is 0 Å². The van der Waals surface area contributed by atoms with E-state index >= 15 is 0 Å². The molecular formula is C16H18O3. The molecule has 2 aromatic carbocycles. The molecule has 2 rings (SSSR count). The van der Waals surface area contributed by atoms with E-state index in [1.165, 1.54) is 0 Å². The van der Waals surface area contributed by atoms with Crippen LogP contribution in [0.3, 0.4) is 0 Å². The Bertz CT molecular complexity index is 506. The molecule has 0 unspecified atom stereocenters. The van der Waals surface area contributed by atoms with E-state index in [-0.39, 0.29) is 0 Å². The van der Waals surface area contributed by atoms with Gasteiger partial charge in [0.05, 0.1) is 13.2 Å². The summed E-state index contributed by atoms with van der Waals surface area (Å²) in [7, 11) is 0. The van der Waals surface area contributed by atoms with Gasteiger partial charge < -0.3 is 14.2 Å². The molecule has 0 saturated heterocycles. The van der Waals surface area contributed by atoms with Crippen LogP contribution < -0.4 is 14.2 Å². The van der Waals surface area contributed by atoms with Crippen LogP contribution in [0, 0.1) is 0 Å². The largest absolute Gasteiger partial charge is 0.494 e. The van der Waals surface area contributed by atoms with E-state index in [4.69, 9.17) is 14.2 Å². The quantitative estimate of drug-likeness (QED) is 0.774. The molecule has 0 amide bonds. The first-order valence-corrected chi connectivity index (χ1v) is 6.45. The van der Waals surface area contributed by atoms with Gasteiger partial charge in [-0.3, -0.25) is 0 Å². The average Bonchev–Trinajstić information content (AvgIpc) is 2.42. The van der Waals surface area contributed by atoms with Crippen molar-refractivity contribution in [2.45, 2.75) is 13.8 Å². The minimum Gasteiger partial charge on any atom is -0.494 e. The van der Waals surface area contributed by atoms with Gasteiger partial charge >= 0.3 is 0 Å². The van der Waals surface area contributed by atoms with Crippen LogP contribution in [0.4, 0.5) is 0 Å². The smallest absolute Gasteiger partial charge is 0.131 e. The average molecular weight is 258 g/mol. The summed E-state index contributed by atoms with van der Waals surface area (Å²) in [5.41, 5.74) is 0. The lowest BCUT2D eigenvalue weighted by atomic mass is 10.3. The lowest BCUT2D eigenvalue weighted by Gasteiger charge is -2.09. The van der Waals surface area contributed by atoms with Crippen LogP contribution in [0.1, 0.15) is 13.8 Å². The van der Waals surface area contributed by atoms with E-state index in [0.717, 1.165) is 23.0 Å². The molecule has 19 heavy (non-hydrogen) atoms. The van der Waals surface area contributed by atoms with Crippen molar-refractivity contribution in [3.05, 3.63) is 48.5 Å². The van der Waals surface area contributed by atoms with E-state index in [1.807, 2.05) is 62.4 Å². The normalized spacial score (nSPS) is 10.0. The van der Waals surface area contributed by atoms with Gasteiger partial charge in [0.15, 0.2) is 0 Å². The highest BCUT2D eigenvalue weighted by molar-refractivity contribution is 5.38. The second-order valence-corrected chi connectivity index (χ2v) is 3.91. The first-order chi connectivity index (χ1) is 9.31. The number of ether oxygens (including phenoxy) is 3. The van der Waals surface area contributed by atoms with Crippen LogP contribution in [0.25, 0.3) is 0 Å². The summed E-state index contributed by atoms with van der Waals surface area (Å²) in [6, 6.07) is 15.2. The minimum atomic E-state index is 0.645. The molecule has 3 heteroatoms. The van der Waals surface area contributed by atoms with Crippen molar-refractivity contribution in [2.75, 3.05) is 13.2 Å². The zero-order valence-corrected chi connectivity index (χ0v) is 11.3. The van der Waals surface area contributed by atoms with Gasteiger partial charge in [0.1, 0.15) is 23.0 Å². The Kier molecular flexibility index (Phi) is 4.67. The summed E-state index contributed by atoms with van der Waals surface area (Å²) in [6.45, 7) is 5.23. The van der Waals surface area contributed by atoms with Crippen molar-refractivity contribution in [2.24, 2.45) is 0 Å². The molecular weight excluding hydrogens is 240 g/mol. The van der Waals surface area contributed by atoms with E-state index in [1.54, 1.807) is 0 Å². The molecule has 0 spiro atoms. The summed E-state index contributed by atoms with van der Waals surface area (Å²) in [6.07, 6.45) is 0. The molecule has 0 fully saturated rings. The third-order valence-corrected chi connectivity index (χ3v) is 2.49. The van der Waals surface area contributed by atoms with Gasteiger partial charge in [0.25, 0.3) is 0 Å². The summed E-state index contributed by atoms with van der Waals surface area (Å²) in [5.74, 6) is 3.19. The lowest BCUT2D eigenvalue weighted by Crippen LogP contribution is -1.92. The Morgan fingerprint density at radius 1 is 0.684 bits per heavy atom. The Balaban J connectivity index is 2.05. The molecule has 100 valence electrons. The molecule has 0 atom stereocenters. The van der Waals surface area contributed by atoms with Crippen molar-refractivity contribution in [3.8, 4) is 23.0 Å². The summed E-state index contributed by atoms with van der Waals surface area (Å²) < 4.78 is 16.6. The molecule has 0 aliphatic carbocycles. The topological polar surface area (TPSA) is 27.7 Å². The summed E-state index contributed by atoms with van der Waals surface area (Å²) in [5, 5.41) is 0. The molecule has 0 bridgehead atoms. The second kappa shape index (κ2) is 6.69. The summed E-state index contributed by atoms with van der Waals surface area (Å²) >= 11 is 0. The minimum absolute atomic E-state index is 0.645. The predicted octanol–water partition coefficient (Wildman–Crippen LogP) is 4.28. The Hall–Kier alpha value is -2.16. The lowest BCUT2D eigenvalue weighted by molar-refractivity contribution is 0.337. The fourth-order valence-corrected chi connectivity index (χ4v) is 1.70. The van der Waals surface area contributed by atoms with Crippen molar-refractivity contribution in [1.29, 1.82) is 0 Å². The molecule has 0 radical (unpaired) electrons. The van der Waals surface area contributed by atoms with E-state index in [9.17, 15) is 0 Å². The molecule has 0 aromatic heterocycles. The molecule has 0 N–H and O–H groups in total. The first kappa shape index (κ1) is 13.3. The van der Waals surface area contributed by atoms with Gasteiger partial charge in [0.2, 0.25) is 0 Å². The predicted molar refractivity (Wildman–Crippen MR) is 75.3 cm³/mol. The number of hydrogen-bond acceptors (Lipinski definition) is 3. The van der Waals surface area contributed by atoms with Crippen molar-refractivity contribution < 1.29 is 14.2 Å². The van der Waals surface area contributed by atoms with Crippen LogP contribution in [0.5, 0.6) is 23.0 Å². The molecule has 0 saturated carbocycles. The standard InChI is InChI=1S/C16H18O3/c1-3-17-13-8-10-14(11-9-13)19-16-7-5-6-15(12-16)18-4-2/h5-12H,3-4H2,1-2H3. The Morgan fingerprint density at radius 3 is 1.95 bits per heavy atom. The number of hydrogen-bond donors (Lipinski definition) is 0. The highest BCUT2D eigenvalue weighted by Crippen LogP contribution is 2.26. The Morgan fingerprint density at radius 2 is 1.26 bits per heavy atom. The van der Waals surface area contributed by atoms with Gasteiger partial charge in [-0.2, -0.15) is 0 Å².